The Bertz CT molecular complexity index is 877. The van der Waals surface area contributed by atoms with Crippen molar-refractivity contribution in [3.05, 3.63) is 35.4 Å². The predicted molar refractivity (Wildman–Crippen MR) is 119 cm³/mol. The van der Waals surface area contributed by atoms with Crippen LogP contribution in [-0.2, 0) is 14.6 Å². The molecular formula is C23H32N2O5S. The summed E-state index contributed by atoms with van der Waals surface area (Å²) < 4.78 is 22.8. The van der Waals surface area contributed by atoms with Gasteiger partial charge in [-0.2, -0.15) is 0 Å². The second kappa shape index (κ2) is 10.9. The normalized spacial score (nSPS) is 19.6. The highest BCUT2D eigenvalue weighted by Gasteiger charge is 2.34. The Hall–Kier alpha value is -2.22. The fourth-order valence-electron chi connectivity index (χ4n) is 4.27. The van der Waals surface area contributed by atoms with Crippen molar-refractivity contribution >= 4 is 27.6 Å². The van der Waals surface area contributed by atoms with Gasteiger partial charge in [-0.05, 0) is 31.4 Å². The maximum Gasteiger partial charge on any atom is 0.261 e. The summed E-state index contributed by atoms with van der Waals surface area (Å²) in [5.41, 5.74) is 1.02. The second-order valence-corrected chi connectivity index (χ2v) is 10.8. The summed E-state index contributed by atoms with van der Waals surface area (Å²) in [6.07, 6.45) is 8.96. The fourth-order valence-corrected chi connectivity index (χ4v) is 5.94. The van der Waals surface area contributed by atoms with Crippen LogP contribution in [0.25, 0.3) is 0 Å². The molecular weight excluding hydrogens is 416 g/mol. The first-order valence-electron chi connectivity index (χ1n) is 11.3. The van der Waals surface area contributed by atoms with Gasteiger partial charge in [-0.15, -0.1) is 0 Å². The zero-order chi connectivity index (χ0) is 22.3. The van der Waals surface area contributed by atoms with Crippen molar-refractivity contribution in [1.29, 1.82) is 0 Å². The topological polar surface area (TPSA) is 101 Å². The van der Waals surface area contributed by atoms with Gasteiger partial charge in [0, 0.05) is 19.0 Å². The van der Waals surface area contributed by atoms with Gasteiger partial charge in [0.25, 0.3) is 11.8 Å². The number of hydrogen-bond acceptors (Lipinski definition) is 5. The number of benzene rings is 1. The maximum atomic E-state index is 12.3. The van der Waals surface area contributed by atoms with Crippen LogP contribution < -0.4 is 5.32 Å². The molecule has 0 aliphatic carbocycles. The number of nitrogens with one attached hydrogen (secondary N) is 1. The number of imide groups is 1. The molecule has 3 amide bonds. The van der Waals surface area contributed by atoms with Crippen LogP contribution in [0.2, 0.25) is 0 Å². The molecule has 0 saturated carbocycles. The molecule has 1 atom stereocenters. The largest absolute Gasteiger partial charge is 0.352 e. The third-order valence-corrected chi connectivity index (χ3v) is 7.78. The van der Waals surface area contributed by atoms with E-state index in [2.05, 4.69) is 5.32 Å². The van der Waals surface area contributed by atoms with Gasteiger partial charge in [0.2, 0.25) is 5.91 Å². The van der Waals surface area contributed by atoms with Crippen molar-refractivity contribution in [2.45, 2.75) is 70.3 Å². The van der Waals surface area contributed by atoms with Gasteiger partial charge in [0.05, 0.1) is 22.6 Å². The SMILES string of the molecule is O=C(CCCCCCCCCCN1C(=O)c2ccccc2C1=O)NC1CCS(=O)(=O)C1. The van der Waals surface area contributed by atoms with Crippen LogP contribution in [0.5, 0.6) is 0 Å². The van der Waals surface area contributed by atoms with Crippen LogP contribution >= 0.6 is 0 Å². The fraction of sp³-hybridized carbons (Fsp3) is 0.609. The lowest BCUT2D eigenvalue weighted by Gasteiger charge is -2.13. The molecule has 0 spiro atoms. The quantitative estimate of drug-likeness (QED) is 0.391. The maximum absolute atomic E-state index is 12.3. The van der Waals surface area contributed by atoms with Crippen molar-refractivity contribution < 1.29 is 22.8 Å². The number of carbonyl (C=O) groups is 3. The average molecular weight is 449 g/mol. The summed E-state index contributed by atoms with van der Waals surface area (Å²) in [4.78, 5) is 37.8. The zero-order valence-electron chi connectivity index (χ0n) is 18.0. The second-order valence-electron chi connectivity index (χ2n) is 8.55. The first-order chi connectivity index (χ1) is 14.9. The van der Waals surface area contributed by atoms with E-state index in [1.165, 1.54) is 4.90 Å². The third-order valence-electron chi connectivity index (χ3n) is 6.01. The molecule has 1 N–H and O–H groups in total. The smallest absolute Gasteiger partial charge is 0.261 e. The Kier molecular flexibility index (Phi) is 8.23. The summed E-state index contributed by atoms with van der Waals surface area (Å²) in [5.74, 6) is -0.157. The highest BCUT2D eigenvalue weighted by Crippen LogP contribution is 2.23. The van der Waals surface area contributed by atoms with Crippen molar-refractivity contribution in [2.75, 3.05) is 18.1 Å². The van der Waals surface area contributed by atoms with Gasteiger partial charge in [0.15, 0.2) is 9.84 Å². The Morgan fingerprint density at radius 2 is 1.45 bits per heavy atom. The first-order valence-corrected chi connectivity index (χ1v) is 13.1. The van der Waals surface area contributed by atoms with Crippen molar-refractivity contribution in [3.8, 4) is 0 Å². The van der Waals surface area contributed by atoms with Crippen molar-refractivity contribution in [3.63, 3.8) is 0 Å². The molecule has 0 radical (unpaired) electrons. The molecule has 2 aliphatic heterocycles. The van der Waals surface area contributed by atoms with Crippen LogP contribution in [0.1, 0.15) is 84.9 Å². The van der Waals surface area contributed by atoms with E-state index in [0.717, 1.165) is 51.4 Å². The molecule has 1 aromatic carbocycles. The Balaban J connectivity index is 1.17. The van der Waals surface area contributed by atoms with Crippen LogP contribution in [-0.4, -0.2) is 55.1 Å². The Morgan fingerprint density at radius 3 is 2.00 bits per heavy atom. The van der Waals surface area contributed by atoms with Crippen molar-refractivity contribution in [2.24, 2.45) is 0 Å². The summed E-state index contributed by atoms with van der Waals surface area (Å²) >= 11 is 0. The van der Waals surface area contributed by atoms with Crippen LogP contribution in [0.3, 0.4) is 0 Å². The predicted octanol–water partition coefficient (Wildman–Crippen LogP) is 3.10. The molecule has 2 aliphatic rings. The van der Waals surface area contributed by atoms with Gasteiger partial charge in [0.1, 0.15) is 0 Å². The molecule has 31 heavy (non-hydrogen) atoms. The highest BCUT2D eigenvalue weighted by molar-refractivity contribution is 7.91. The van der Waals surface area contributed by atoms with Gasteiger partial charge >= 0.3 is 0 Å². The monoisotopic (exact) mass is 448 g/mol. The van der Waals surface area contributed by atoms with E-state index in [0.29, 0.717) is 30.5 Å². The molecule has 2 heterocycles. The highest BCUT2D eigenvalue weighted by atomic mass is 32.2. The molecule has 0 aromatic heterocycles. The number of rotatable bonds is 12. The number of amides is 3. The molecule has 1 aromatic rings. The minimum atomic E-state index is -2.96. The lowest BCUT2D eigenvalue weighted by atomic mass is 10.1. The molecule has 1 fully saturated rings. The van der Waals surface area contributed by atoms with Gasteiger partial charge in [-0.3, -0.25) is 19.3 Å². The standard InChI is InChI=1S/C23H32N2O5S/c26-21(24-18-14-16-31(29,30)17-18)13-7-5-3-1-2-4-6-10-15-25-22(27)19-11-8-9-12-20(19)23(25)28/h8-9,11-12,18H,1-7,10,13-17H2,(H,24,26). The van der Waals surface area contributed by atoms with Gasteiger partial charge in [-0.25, -0.2) is 8.42 Å². The molecule has 1 saturated heterocycles. The van der Waals surface area contributed by atoms with E-state index in [-0.39, 0.29) is 35.3 Å². The number of hydrogen-bond donors (Lipinski definition) is 1. The molecule has 7 nitrogen and oxygen atoms in total. The molecule has 170 valence electrons. The van der Waals surface area contributed by atoms with E-state index in [9.17, 15) is 22.8 Å². The summed E-state index contributed by atoms with van der Waals surface area (Å²) in [6.45, 7) is 0.476. The minimum Gasteiger partial charge on any atom is -0.352 e. The third kappa shape index (κ3) is 6.63. The number of fused-ring (bicyclic) bond motifs is 1. The molecule has 0 bridgehead atoms. The lowest BCUT2D eigenvalue weighted by Crippen LogP contribution is -2.35. The number of carbonyl (C=O) groups excluding carboxylic acids is 3. The molecule has 8 heteroatoms. The summed E-state index contributed by atoms with van der Waals surface area (Å²) in [6, 6.07) is 6.76. The van der Waals surface area contributed by atoms with Crippen LogP contribution in [0, 0.1) is 0 Å². The van der Waals surface area contributed by atoms with E-state index in [1.807, 2.05) is 0 Å². The van der Waals surface area contributed by atoms with E-state index >= 15 is 0 Å². The molecule has 3 rings (SSSR count). The van der Waals surface area contributed by atoms with E-state index in [4.69, 9.17) is 0 Å². The zero-order valence-corrected chi connectivity index (χ0v) is 18.8. The van der Waals surface area contributed by atoms with Crippen molar-refractivity contribution in [1.82, 2.24) is 10.2 Å². The number of unbranched alkanes of at least 4 members (excludes halogenated alkanes) is 7. The van der Waals surface area contributed by atoms with E-state index in [1.54, 1.807) is 24.3 Å². The first kappa shape index (κ1) is 23.4. The van der Waals surface area contributed by atoms with Gasteiger partial charge in [-0.1, -0.05) is 50.7 Å². The van der Waals surface area contributed by atoms with E-state index < -0.39 is 9.84 Å². The van der Waals surface area contributed by atoms with Crippen LogP contribution in [0.4, 0.5) is 0 Å². The minimum absolute atomic E-state index is 0.0461. The Morgan fingerprint density at radius 1 is 0.903 bits per heavy atom. The number of sulfone groups is 1. The Labute approximate surface area is 184 Å². The average Bonchev–Trinajstić information content (AvgIpc) is 3.20. The number of nitrogens with zero attached hydrogens (tertiary/aromatic N) is 1. The molecule has 1 unspecified atom stereocenters. The summed E-state index contributed by atoms with van der Waals surface area (Å²) in [7, 11) is -2.96. The lowest BCUT2D eigenvalue weighted by molar-refractivity contribution is -0.121. The van der Waals surface area contributed by atoms with Crippen LogP contribution in [0.15, 0.2) is 24.3 Å². The summed E-state index contributed by atoms with van der Waals surface area (Å²) in [5, 5.41) is 2.82. The van der Waals surface area contributed by atoms with Gasteiger partial charge < -0.3 is 5.32 Å².